The lowest BCUT2D eigenvalue weighted by Gasteiger charge is -2.10. The van der Waals surface area contributed by atoms with Gasteiger partial charge in [0.2, 0.25) is 0 Å². The molecule has 0 bridgehead atoms. The number of fused-ring (bicyclic) bond motifs is 1. The van der Waals surface area contributed by atoms with Gasteiger partial charge in [0.25, 0.3) is 0 Å². The van der Waals surface area contributed by atoms with E-state index in [4.69, 9.17) is 21.3 Å². The summed E-state index contributed by atoms with van der Waals surface area (Å²) in [5.74, 6) is 0.920. The number of nitrogens with zero attached hydrogens (tertiary/aromatic N) is 2. The number of ether oxygens (including phenoxy) is 1. The van der Waals surface area contributed by atoms with Crippen molar-refractivity contribution in [3.8, 4) is 5.75 Å². The summed E-state index contributed by atoms with van der Waals surface area (Å²) in [5, 5.41) is 5.17. The van der Waals surface area contributed by atoms with Gasteiger partial charge in [0.15, 0.2) is 5.84 Å². The highest BCUT2D eigenvalue weighted by molar-refractivity contribution is 6.31. The summed E-state index contributed by atoms with van der Waals surface area (Å²) in [6.45, 7) is 0. The first-order chi connectivity index (χ1) is 13.1. The van der Waals surface area contributed by atoms with Crippen LogP contribution in [0.5, 0.6) is 5.75 Å². The second kappa shape index (κ2) is 7.21. The minimum Gasteiger partial charge on any atom is -0.497 e. The third kappa shape index (κ3) is 3.55. The van der Waals surface area contributed by atoms with Crippen LogP contribution in [-0.4, -0.2) is 18.7 Å². The quantitative estimate of drug-likeness (QED) is 0.702. The number of hydrogen-bond donors (Lipinski definition) is 1. The zero-order valence-electron chi connectivity index (χ0n) is 14.4. The molecule has 1 N–H and O–H groups in total. The summed E-state index contributed by atoms with van der Waals surface area (Å²) in [6.07, 6.45) is 0. The Labute approximate surface area is 161 Å². The first-order valence-electron chi connectivity index (χ1n) is 8.27. The van der Waals surface area contributed by atoms with E-state index < -0.39 is 0 Å². The maximum atomic E-state index is 13.3. The molecule has 0 saturated heterocycles. The second-order valence-electron chi connectivity index (χ2n) is 5.93. The Bertz CT molecular complexity index is 1060. The number of halogens is 2. The van der Waals surface area contributed by atoms with Crippen LogP contribution in [0.2, 0.25) is 5.02 Å². The molecule has 1 aliphatic heterocycles. The lowest BCUT2D eigenvalue weighted by atomic mass is 10.0. The Morgan fingerprint density at radius 1 is 0.963 bits per heavy atom. The molecule has 0 atom stereocenters. The monoisotopic (exact) mass is 379 g/mol. The van der Waals surface area contributed by atoms with Gasteiger partial charge in [0.1, 0.15) is 17.3 Å². The summed E-state index contributed by atoms with van der Waals surface area (Å²) in [5.41, 5.74) is 6.79. The summed E-state index contributed by atoms with van der Waals surface area (Å²) in [4.78, 5) is 4.69. The van der Waals surface area contributed by atoms with Gasteiger partial charge in [0.05, 0.1) is 12.8 Å². The van der Waals surface area contributed by atoms with Crippen molar-refractivity contribution in [3.63, 3.8) is 0 Å². The van der Waals surface area contributed by atoms with Crippen molar-refractivity contribution in [1.29, 1.82) is 0 Å². The molecular weight excluding hydrogens is 365 g/mol. The molecule has 1 aliphatic rings. The third-order valence-electron chi connectivity index (χ3n) is 4.18. The fourth-order valence-corrected chi connectivity index (χ4v) is 3.03. The van der Waals surface area contributed by atoms with Gasteiger partial charge in [0, 0.05) is 21.7 Å². The topological polar surface area (TPSA) is 46.0 Å². The molecule has 134 valence electrons. The van der Waals surface area contributed by atoms with Gasteiger partial charge < -0.3 is 4.74 Å². The lowest BCUT2D eigenvalue weighted by Crippen LogP contribution is -2.19. The fraction of sp³-hybridized carbons (Fsp3) is 0.0476. The smallest absolute Gasteiger partial charge is 0.154 e. The molecule has 3 aromatic carbocycles. The van der Waals surface area contributed by atoms with Crippen LogP contribution in [-0.2, 0) is 0 Å². The minimum absolute atomic E-state index is 0.304. The molecule has 0 fully saturated rings. The normalized spacial score (nSPS) is 13.0. The van der Waals surface area contributed by atoms with Crippen LogP contribution in [0.25, 0.3) is 0 Å². The number of aliphatic imine (C=N–C) groups is 1. The number of nitrogens with one attached hydrogen (secondary N) is 1. The van der Waals surface area contributed by atoms with Crippen LogP contribution in [0.1, 0.15) is 16.7 Å². The van der Waals surface area contributed by atoms with Crippen molar-refractivity contribution in [2.45, 2.75) is 0 Å². The van der Waals surface area contributed by atoms with Gasteiger partial charge >= 0.3 is 0 Å². The van der Waals surface area contributed by atoms with E-state index in [1.165, 1.54) is 12.1 Å². The highest BCUT2D eigenvalue weighted by Crippen LogP contribution is 2.30. The number of benzene rings is 3. The summed E-state index contributed by atoms with van der Waals surface area (Å²) < 4.78 is 18.6. The van der Waals surface area contributed by atoms with E-state index in [1.54, 1.807) is 19.2 Å². The van der Waals surface area contributed by atoms with Gasteiger partial charge in [-0.05, 0) is 54.6 Å². The zero-order chi connectivity index (χ0) is 18.8. The Balaban J connectivity index is 1.87. The Kier molecular flexibility index (Phi) is 4.60. The van der Waals surface area contributed by atoms with Crippen molar-refractivity contribution >= 4 is 28.8 Å². The van der Waals surface area contributed by atoms with Crippen LogP contribution in [0.3, 0.4) is 0 Å². The SMILES string of the molecule is COc1ccc2c(c1)C(c1cccc(Cl)c1)=NNC(c1ccc(F)cc1)=N2. The van der Waals surface area contributed by atoms with E-state index in [0.717, 1.165) is 22.4 Å². The number of hydrogen-bond acceptors (Lipinski definition) is 4. The highest BCUT2D eigenvalue weighted by Gasteiger charge is 2.18. The Hall–Kier alpha value is -3.18. The molecule has 0 aliphatic carbocycles. The van der Waals surface area contributed by atoms with E-state index in [-0.39, 0.29) is 5.82 Å². The van der Waals surface area contributed by atoms with Crippen LogP contribution >= 0.6 is 11.6 Å². The van der Waals surface area contributed by atoms with Crippen LogP contribution in [0, 0.1) is 5.82 Å². The Morgan fingerprint density at radius 2 is 1.78 bits per heavy atom. The van der Waals surface area contributed by atoms with Gasteiger partial charge in [-0.25, -0.2) is 9.38 Å². The Morgan fingerprint density at radius 3 is 2.52 bits per heavy atom. The summed E-state index contributed by atoms with van der Waals surface area (Å²) in [7, 11) is 1.61. The van der Waals surface area contributed by atoms with Gasteiger partial charge in [-0.1, -0.05) is 23.7 Å². The molecule has 27 heavy (non-hydrogen) atoms. The molecule has 6 heteroatoms. The molecule has 0 amide bonds. The first kappa shape index (κ1) is 17.2. The predicted octanol–water partition coefficient (Wildman–Crippen LogP) is 4.92. The van der Waals surface area contributed by atoms with E-state index in [9.17, 15) is 4.39 Å². The van der Waals surface area contributed by atoms with Gasteiger partial charge in [-0.3, -0.25) is 5.43 Å². The maximum absolute atomic E-state index is 13.3. The van der Waals surface area contributed by atoms with Crippen molar-refractivity contribution in [2.75, 3.05) is 7.11 Å². The zero-order valence-corrected chi connectivity index (χ0v) is 15.2. The molecule has 0 saturated carbocycles. The highest BCUT2D eigenvalue weighted by atomic mass is 35.5. The summed E-state index contributed by atoms with van der Waals surface area (Å²) in [6, 6.07) is 19.1. The number of rotatable bonds is 3. The molecule has 1 heterocycles. The molecule has 0 aromatic heterocycles. The van der Waals surface area contributed by atoms with E-state index in [1.807, 2.05) is 42.5 Å². The number of amidine groups is 1. The largest absolute Gasteiger partial charge is 0.497 e. The van der Waals surface area contributed by atoms with Crippen molar-refractivity contribution < 1.29 is 9.13 Å². The van der Waals surface area contributed by atoms with Crippen molar-refractivity contribution in [2.24, 2.45) is 10.1 Å². The molecule has 0 spiro atoms. The van der Waals surface area contributed by atoms with E-state index in [0.29, 0.717) is 22.3 Å². The van der Waals surface area contributed by atoms with Gasteiger partial charge in [-0.15, -0.1) is 0 Å². The van der Waals surface area contributed by atoms with Crippen molar-refractivity contribution in [3.05, 3.63) is 94.3 Å². The number of hydrazone groups is 1. The molecule has 0 unspecified atom stereocenters. The number of methoxy groups -OCH3 is 1. The van der Waals surface area contributed by atoms with Crippen LogP contribution < -0.4 is 10.2 Å². The van der Waals surface area contributed by atoms with Crippen LogP contribution in [0.4, 0.5) is 10.1 Å². The maximum Gasteiger partial charge on any atom is 0.154 e. The first-order valence-corrected chi connectivity index (χ1v) is 8.64. The van der Waals surface area contributed by atoms with E-state index >= 15 is 0 Å². The minimum atomic E-state index is -0.304. The van der Waals surface area contributed by atoms with Crippen LogP contribution in [0.15, 0.2) is 76.8 Å². The fourth-order valence-electron chi connectivity index (χ4n) is 2.84. The molecule has 0 radical (unpaired) electrons. The third-order valence-corrected chi connectivity index (χ3v) is 4.42. The molecule has 4 rings (SSSR count). The average Bonchev–Trinajstić information content (AvgIpc) is 2.87. The van der Waals surface area contributed by atoms with E-state index in [2.05, 4.69) is 10.5 Å². The second-order valence-corrected chi connectivity index (χ2v) is 6.37. The van der Waals surface area contributed by atoms with Crippen molar-refractivity contribution in [1.82, 2.24) is 5.43 Å². The average molecular weight is 380 g/mol. The standard InChI is InChI=1S/C21H15ClFN3O/c1-27-17-9-10-19-18(12-17)20(14-3-2-4-15(22)11-14)25-26-21(24-19)13-5-7-16(23)8-6-13/h2-12H,1H3,(H,24,26). The van der Waals surface area contributed by atoms with Gasteiger partial charge in [-0.2, -0.15) is 5.10 Å². The summed E-state index contributed by atoms with van der Waals surface area (Å²) >= 11 is 6.17. The predicted molar refractivity (Wildman–Crippen MR) is 106 cm³/mol. The molecule has 4 nitrogen and oxygen atoms in total. The molecule has 3 aromatic rings. The lowest BCUT2D eigenvalue weighted by molar-refractivity contribution is 0.415. The molecular formula is C21H15ClFN3O.